The zero-order chi connectivity index (χ0) is 12.3. The van der Waals surface area contributed by atoms with Gasteiger partial charge in [-0.2, -0.15) is 0 Å². The van der Waals surface area contributed by atoms with Crippen LogP contribution in [0.15, 0.2) is 64.4 Å². The highest BCUT2D eigenvalue weighted by Crippen LogP contribution is 2.25. The molecule has 86 valence electrons. The van der Waals surface area contributed by atoms with E-state index in [2.05, 4.69) is 0 Å². The van der Waals surface area contributed by atoms with Crippen LogP contribution >= 0.6 is 0 Å². The molecule has 1 atom stereocenters. The summed E-state index contributed by atoms with van der Waals surface area (Å²) in [7, 11) is -1.52. The Labute approximate surface area is 101 Å². The van der Waals surface area contributed by atoms with Crippen LogP contribution in [0.5, 0.6) is 0 Å². The first-order chi connectivity index (χ1) is 8.20. The van der Waals surface area contributed by atoms with Crippen molar-refractivity contribution in [1.82, 2.24) is 0 Å². The summed E-state index contributed by atoms with van der Waals surface area (Å²) < 4.78 is 12.2. The van der Waals surface area contributed by atoms with Crippen LogP contribution in [-0.2, 0) is 10.8 Å². The van der Waals surface area contributed by atoms with E-state index in [4.69, 9.17) is 0 Å². The summed E-state index contributed by atoms with van der Waals surface area (Å²) in [5.74, 6) is 0. The van der Waals surface area contributed by atoms with Crippen molar-refractivity contribution in [2.45, 2.75) is 9.79 Å². The molecule has 2 aromatic carbocycles. The lowest BCUT2D eigenvalue weighted by Crippen LogP contribution is -1.98. The second kappa shape index (κ2) is 4.88. The standard InChI is InChI=1S/C12H9NO3S/c14-13(15)11-8-4-5-9-12(11)17(16)10-6-2-1-3-7-10/h1-9H/t17-/m1/s1. The lowest BCUT2D eigenvalue weighted by atomic mass is 10.3. The van der Waals surface area contributed by atoms with Gasteiger partial charge in [-0.1, -0.05) is 30.3 Å². The smallest absolute Gasteiger partial charge is 0.258 e. The Kier molecular flexibility index (Phi) is 3.30. The third-order valence-electron chi connectivity index (χ3n) is 2.22. The van der Waals surface area contributed by atoms with Gasteiger partial charge in [0.15, 0.2) is 0 Å². The van der Waals surface area contributed by atoms with E-state index in [1.807, 2.05) is 0 Å². The van der Waals surface area contributed by atoms with Gasteiger partial charge >= 0.3 is 0 Å². The van der Waals surface area contributed by atoms with E-state index in [9.17, 15) is 14.3 Å². The van der Waals surface area contributed by atoms with Crippen molar-refractivity contribution in [2.75, 3.05) is 0 Å². The SMILES string of the molecule is O=[N+]([O-])c1ccccc1[S@](=O)c1ccccc1. The molecule has 0 heterocycles. The molecule has 0 aliphatic carbocycles. The third kappa shape index (κ3) is 2.39. The molecule has 2 rings (SSSR count). The quantitative estimate of drug-likeness (QED) is 0.619. The minimum atomic E-state index is -1.52. The fourth-order valence-electron chi connectivity index (χ4n) is 1.44. The largest absolute Gasteiger partial charge is 0.285 e. The molecule has 2 aromatic rings. The normalized spacial score (nSPS) is 12.0. The van der Waals surface area contributed by atoms with E-state index in [1.54, 1.807) is 42.5 Å². The van der Waals surface area contributed by atoms with Gasteiger partial charge in [0.2, 0.25) is 0 Å². The zero-order valence-corrected chi connectivity index (χ0v) is 9.59. The number of para-hydroxylation sites is 1. The predicted molar refractivity (Wildman–Crippen MR) is 64.2 cm³/mol. The monoisotopic (exact) mass is 247 g/mol. The van der Waals surface area contributed by atoms with Gasteiger partial charge in [-0.05, 0) is 18.2 Å². The summed E-state index contributed by atoms with van der Waals surface area (Å²) in [6.07, 6.45) is 0. The summed E-state index contributed by atoms with van der Waals surface area (Å²) in [4.78, 5) is 11.1. The molecular weight excluding hydrogens is 238 g/mol. The highest BCUT2D eigenvalue weighted by Gasteiger charge is 2.18. The molecule has 0 bridgehead atoms. The van der Waals surface area contributed by atoms with E-state index in [0.717, 1.165) is 0 Å². The average molecular weight is 247 g/mol. The van der Waals surface area contributed by atoms with E-state index in [1.165, 1.54) is 12.1 Å². The van der Waals surface area contributed by atoms with E-state index < -0.39 is 15.7 Å². The number of nitro groups is 1. The summed E-state index contributed by atoms with van der Waals surface area (Å²) in [6, 6.07) is 14.8. The number of hydrogen-bond donors (Lipinski definition) is 0. The molecule has 0 fully saturated rings. The third-order valence-corrected chi connectivity index (χ3v) is 3.66. The summed E-state index contributed by atoms with van der Waals surface area (Å²) in [5, 5.41) is 10.8. The van der Waals surface area contributed by atoms with Crippen molar-refractivity contribution in [3.05, 3.63) is 64.7 Å². The molecule has 0 unspecified atom stereocenters. The van der Waals surface area contributed by atoms with Crippen LogP contribution in [0.25, 0.3) is 0 Å². The maximum atomic E-state index is 12.2. The molecule has 0 saturated heterocycles. The number of hydrogen-bond acceptors (Lipinski definition) is 3. The molecule has 0 aliphatic heterocycles. The molecule has 0 aromatic heterocycles. The van der Waals surface area contributed by atoms with Crippen LogP contribution in [0.3, 0.4) is 0 Å². The fraction of sp³-hybridized carbons (Fsp3) is 0. The first-order valence-electron chi connectivity index (χ1n) is 4.90. The Morgan fingerprint density at radius 1 is 0.941 bits per heavy atom. The number of rotatable bonds is 3. The average Bonchev–Trinajstić information content (AvgIpc) is 2.39. The van der Waals surface area contributed by atoms with Crippen LogP contribution in [0.2, 0.25) is 0 Å². The summed E-state index contributed by atoms with van der Waals surface area (Å²) in [6.45, 7) is 0. The van der Waals surface area contributed by atoms with Gasteiger partial charge in [-0.25, -0.2) is 4.21 Å². The van der Waals surface area contributed by atoms with Gasteiger partial charge in [0.05, 0.1) is 15.7 Å². The molecule has 0 spiro atoms. The number of nitro benzene ring substituents is 1. The van der Waals surface area contributed by atoms with Crippen molar-refractivity contribution in [1.29, 1.82) is 0 Å². The van der Waals surface area contributed by atoms with Crippen LogP contribution in [0, 0.1) is 10.1 Å². The van der Waals surface area contributed by atoms with Gasteiger partial charge < -0.3 is 0 Å². The maximum absolute atomic E-state index is 12.2. The van der Waals surface area contributed by atoms with E-state index >= 15 is 0 Å². The molecule has 0 aliphatic rings. The van der Waals surface area contributed by atoms with Gasteiger partial charge in [-0.3, -0.25) is 10.1 Å². The van der Waals surface area contributed by atoms with Crippen molar-refractivity contribution >= 4 is 16.5 Å². The molecule has 0 amide bonds. The van der Waals surface area contributed by atoms with Gasteiger partial charge in [0.1, 0.15) is 4.90 Å². The summed E-state index contributed by atoms with van der Waals surface area (Å²) in [5.41, 5.74) is -0.116. The molecule has 4 nitrogen and oxygen atoms in total. The molecule has 17 heavy (non-hydrogen) atoms. The van der Waals surface area contributed by atoms with E-state index in [0.29, 0.717) is 4.90 Å². The molecular formula is C12H9NO3S. The molecule has 5 heteroatoms. The minimum Gasteiger partial charge on any atom is -0.258 e. The van der Waals surface area contributed by atoms with Crippen molar-refractivity contribution in [3.8, 4) is 0 Å². The Hall–Kier alpha value is -2.01. The number of nitrogens with zero attached hydrogens (tertiary/aromatic N) is 1. The van der Waals surface area contributed by atoms with Crippen LogP contribution in [-0.4, -0.2) is 9.13 Å². The Bertz CT molecular complexity index is 569. The predicted octanol–water partition coefficient (Wildman–Crippen LogP) is 2.76. The van der Waals surface area contributed by atoms with Crippen molar-refractivity contribution in [3.63, 3.8) is 0 Å². The van der Waals surface area contributed by atoms with Gasteiger partial charge in [-0.15, -0.1) is 0 Å². The highest BCUT2D eigenvalue weighted by atomic mass is 32.2. The van der Waals surface area contributed by atoms with Crippen LogP contribution in [0.1, 0.15) is 0 Å². The second-order valence-corrected chi connectivity index (χ2v) is 4.76. The van der Waals surface area contributed by atoms with Crippen LogP contribution in [0.4, 0.5) is 5.69 Å². The second-order valence-electron chi connectivity index (χ2n) is 3.31. The van der Waals surface area contributed by atoms with Crippen molar-refractivity contribution < 1.29 is 9.13 Å². The first kappa shape index (κ1) is 11.5. The van der Waals surface area contributed by atoms with Crippen LogP contribution < -0.4 is 0 Å². The maximum Gasteiger partial charge on any atom is 0.285 e. The lowest BCUT2D eigenvalue weighted by molar-refractivity contribution is -0.387. The topological polar surface area (TPSA) is 60.2 Å². The van der Waals surface area contributed by atoms with Gasteiger partial charge in [0.25, 0.3) is 5.69 Å². The Morgan fingerprint density at radius 2 is 1.53 bits per heavy atom. The fourth-order valence-corrected chi connectivity index (χ4v) is 2.63. The molecule has 0 radical (unpaired) electrons. The Balaban J connectivity index is 2.48. The lowest BCUT2D eigenvalue weighted by Gasteiger charge is -2.02. The zero-order valence-electron chi connectivity index (χ0n) is 8.78. The number of benzene rings is 2. The first-order valence-corrected chi connectivity index (χ1v) is 6.05. The summed E-state index contributed by atoms with van der Waals surface area (Å²) >= 11 is 0. The minimum absolute atomic E-state index is 0.116. The molecule has 0 N–H and O–H groups in total. The van der Waals surface area contributed by atoms with Crippen molar-refractivity contribution in [2.24, 2.45) is 0 Å². The highest BCUT2D eigenvalue weighted by molar-refractivity contribution is 7.85. The van der Waals surface area contributed by atoms with Gasteiger partial charge in [0, 0.05) is 11.0 Å². The Morgan fingerprint density at radius 3 is 2.18 bits per heavy atom. The van der Waals surface area contributed by atoms with E-state index in [-0.39, 0.29) is 10.6 Å². The molecule has 0 saturated carbocycles.